The van der Waals surface area contributed by atoms with Gasteiger partial charge in [0.1, 0.15) is 6.61 Å². The van der Waals surface area contributed by atoms with E-state index in [1.165, 1.54) is 57.8 Å². The number of ether oxygens (including phenoxy) is 10. The van der Waals surface area contributed by atoms with Gasteiger partial charge in [0.2, 0.25) is 0 Å². The van der Waals surface area contributed by atoms with E-state index in [-0.39, 0.29) is 12.6 Å². The van der Waals surface area contributed by atoms with Crippen LogP contribution in [0.4, 0.5) is 0 Å². The number of rotatable bonds is 43. The van der Waals surface area contributed by atoms with E-state index in [4.69, 9.17) is 47.4 Å². The number of esters is 1. The highest BCUT2D eigenvalue weighted by Gasteiger charge is 2.02. The quantitative estimate of drug-likeness (QED) is 0.0511. The van der Waals surface area contributed by atoms with E-state index in [1.54, 1.807) is 0 Å². The van der Waals surface area contributed by atoms with Gasteiger partial charge in [-0.15, -0.1) is 0 Å². The Morgan fingerprint density at radius 1 is 0.292 bits per heavy atom. The molecule has 48 heavy (non-hydrogen) atoms. The molecular formula is C37H74O11. The minimum Gasteiger partial charge on any atom is -0.463 e. The highest BCUT2D eigenvalue weighted by atomic mass is 16.6. The van der Waals surface area contributed by atoms with Crippen LogP contribution in [0.5, 0.6) is 0 Å². The third-order valence-corrected chi connectivity index (χ3v) is 7.34. The van der Waals surface area contributed by atoms with Gasteiger partial charge in [-0.3, -0.25) is 4.79 Å². The molecule has 11 nitrogen and oxygen atoms in total. The van der Waals surface area contributed by atoms with Crippen molar-refractivity contribution >= 4 is 5.97 Å². The van der Waals surface area contributed by atoms with Crippen LogP contribution in [0, 0.1) is 0 Å². The summed E-state index contributed by atoms with van der Waals surface area (Å²) in [5.74, 6) is -0.147. The monoisotopic (exact) mass is 695 g/mol. The maximum Gasteiger partial charge on any atom is 0.305 e. The van der Waals surface area contributed by atoms with Gasteiger partial charge in [0.05, 0.1) is 112 Å². The lowest BCUT2D eigenvalue weighted by molar-refractivity contribution is -0.145. The Morgan fingerprint density at radius 3 is 0.875 bits per heavy atom. The van der Waals surface area contributed by atoms with Crippen LogP contribution in [0.1, 0.15) is 110 Å². The Balaban J connectivity index is 3.07. The van der Waals surface area contributed by atoms with E-state index in [2.05, 4.69) is 13.8 Å². The molecule has 0 saturated carbocycles. The van der Waals surface area contributed by atoms with Crippen molar-refractivity contribution in [1.29, 1.82) is 0 Å². The molecule has 0 fully saturated rings. The second-order valence-corrected chi connectivity index (χ2v) is 11.7. The van der Waals surface area contributed by atoms with Gasteiger partial charge in [0.25, 0.3) is 0 Å². The van der Waals surface area contributed by atoms with Crippen molar-refractivity contribution in [3.63, 3.8) is 0 Å². The van der Waals surface area contributed by atoms with E-state index in [9.17, 15) is 4.79 Å². The molecule has 0 rings (SSSR count). The summed E-state index contributed by atoms with van der Waals surface area (Å²) in [6.07, 6.45) is 18.2. The molecule has 0 atom stereocenters. The predicted octanol–water partition coefficient (Wildman–Crippen LogP) is 6.57. The lowest BCUT2D eigenvalue weighted by Crippen LogP contribution is -2.15. The standard InChI is InChI=1S/C37H74O11/c1-3-5-7-9-10-11-12-13-14-16-18-39-19-20-40-21-22-41-23-24-42-25-26-43-27-28-44-29-30-45-31-32-46-33-34-47-35-36-48-37(38)17-15-8-6-4-2/h3-36H2,1-2H3. The topological polar surface area (TPSA) is 109 Å². The first-order chi connectivity index (χ1) is 23.8. The lowest BCUT2D eigenvalue weighted by atomic mass is 10.1. The van der Waals surface area contributed by atoms with Crippen molar-refractivity contribution in [2.24, 2.45) is 0 Å². The first-order valence-electron chi connectivity index (χ1n) is 19.2. The molecule has 0 aromatic rings. The van der Waals surface area contributed by atoms with E-state index in [0.29, 0.717) is 119 Å². The fraction of sp³-hybridized carbons (Fsp3) is 0.973. The Hall–Kier alpha value is -0.890. The van der Waals surface area contributed by atoms with Crippen LogP contribution in [0.2, 0.25) is 0 Å². The molecule has 288 valence electrons. The molecule has 0 N–H and O–H groups in total. The van der Waals surface area contributed by atoms with Crippen LogP contribution in [-0.2, 0) is 52.2 Å². The first kappa shape index (κ1) is 47.1. The second kappa shape index (κ2) is 44.1. The van der Waals surface area contributed by atoms with Gasteiger partial charge < -0.3 is 47.4 Å². The summed E-state index contributed by atoms with van der Waals surface area (Å²) in [6, 6.07) is 0. The molecule has 0 heterocycles. The molecule has 11 heteroatoms. The van der Waals surface area contributed by atoms with Gasteiger partial charge in [0.15, 0.2) is 0 Å². The third-order valence-electron chi connectivity index (χ3n) is 7.34. The molecule has 0 aliphatic rings. The predicted molar refractivity (Wildman–Crippen MR) is 189 cm³/mol. The Morgan fingerprint density at radius 2 is 0.542 bits per heavy atom. The fourth-order valence-electron chi connectivity index (χ4n) is 4.54. The van der Waals surface area contributed by atoms with Gasteiger partial charge in [-0.05, 0) is 12.8 Å². The molecule has 0 bridgehead atoms. The molecule has 0 saturated heterocycles. The van der Waals surface area contributed by atoms with E-state index in [1.807, 2.05) is 0 Å². The van der Waals surface area contributed by atoms with Crippen LogP contribution >= 0.6 is 0 Å². The van der Waals surface area contributed by atoms with Crippen molar-refractivity contribution in [3.05, 3.63) is 0 Å². The zero-order chi connectivity index (χ0) is 34.7. The van der Waals surface area contributed by atoms with Crippen molar-refractivity contribution in [2.45, 2.75) is 110 Å². The molecule has 0 aromatic carbocycles. The van der Waals surface area contributed by atoms with Gasteiger partial charge in [0, 0.05) is 13.0 Å². The highest BCUT2D eigenvalue weighted by Crippen LogP contribution is 2.10. The number of unbranched alkanes of at least 4 members (excludes halogenated alkanes) is 12. The van der Waals surface area contributed by atoms with Crippen LogP contribution in [-0.4, -0.2) is 132 Å². The second-order valence-electron chi connectivity index (χ2n) is 11.7. The summed E-state index contributed by atoms with van der Waals surface area (Å²) >= 11 is 0. The van der Waals surface area contributed by atoms with Crippen LogP contribution < -0.4 is 0 Å². The highest BCUT2D eigenvalue weighted by molar-refractivity contribution is 5.69. The van der Waals surface area contributed by atoms with Gasteiger partial charge in [-0.25, -0.2) is 0 Å². The molecule has 0 unspecified atom stereocenters. The van der Waals surface area contributed by atoms with Crippen LogP contribution in [0.3, 0.4) is 0 Å². The maximum absolute atomic E-state index is 11.5. The molecule has 0 aliphatic heterocycles. The zero-order valence-electron chi connectivity index (χ0n) is 31.0. The van der Waals surface area contributed by atoms with Gasteiger partial charge in [-0.2, -0.15) is 0 Å². The Bertz CT molecular complexity index is 598. The molecule has 0 radical (unpaired) electrons. The smallest absolute Gasteiger partial charge is 0.305 e. The average Bonchev–Trinajstić information content (AvgIpc) is 3.09. The summed E-state index contributed by atoms with van der Waals surface area (Å²) in [4.78, 5) is 11.5. The van der Waals surface area contributed by atoms with E-state index in [0.717, 1.165) is 38.7 Å². The lowest BCUT2D eigenvalue weighted by Gasteiger charge is -2.09. The maximum atomic E-state index is 11.5. The minimum absolute atomic E-state index is 0.147. The van der Waals surface area contributed by atoms with Crippen LogP contribution in [0.25, 0.3) is 0 Å². The molecular weight excluding hydrogens is 620 g/mol. The summed E-state index contributed by atoms with van der Waals surface area (Å²) in [6.45, 7) is 14.4. The number of hydrogen-bond acceptors (Lipinski definition) is 11. The Kier molecular flexibility index (Phi) is 43.3. The molecule has 0 spiro atoms. The van der Waals surface area contributed by atoms with Crippen LogP contribution in [0.15, 0.2) is 0 Å². The van der Waals surface area contributed by atoms with Crippen molar-refractivity contribution in [3.8, 4) is 0 Å². The largest absolute Gasteiger partial charge is 0.463 e. The van der Waals surface area contributed by atoms with E-state index < -0.39 is 0 Å². The molecule has 0 amide bonds. The third kappa shape index (κ3) is 43.1. The van der Waals surface area contributed by atoms with E-state index >= 15 is 0 Å². The molecule has 0 aliphatic carbocycles. The normalized spacial score (nSPS) is 11.5. The minimum atomic E-state index is -0.147. The summed E-state index contributed by atoms with van der Waals surface area (Å²) in [5.41, 5.74) is 0. The van der Waals surface area contributed by atoms with Crippen molar-refractivity contribution in [1.82, 2.24) is 0 Å². The number of hydrogen-bond donors (Lipinski definition) is 0. The SMILES string of the molecule is CCCCCCCCCCCCOCCOCCOCCOCCOCCOCCOCCOCCOCCOC(=O)CCCCCC. The van der Waals surface area contributed by atoms with Gasteiger partial charge >= 0.3 is 5.97 Å². The summed E-state index contributed by atoms with van der Waals surface area (Å²) in [5, 5.41) is 0. The number of carbonyl (C=O) groups excluding carboxylic acids is 1. The van der Waals surface area contributed by atoms with Crippen molar-refractivity contribution in [2.75, 3.05) is 126 Å². The average molecular weight is 695 g/mol. The summed E-state index contributed by atoms with van der Waals surface area (Å²) in [7, 11) is 0. The summed E-state index contributed by atoms with van der Waals surface area (Å²) < 4.78 is 54.7. The zero-order valence-corrected chi connectivity index (χ0v) is 31.0. The van der Waals surface area contributed by atoms with Gasteiger partial charge in [-0.1, -0.05) is 90.9 Å². The fourth-order valence-corrected chi connectivity index (χ4v) is 4.54. The number of carbonyl (C=O) groups is 1. The van der Waals surface area contributed by atoms with Crippen molar-refractivity contribution < 1.29 is 52.2 Å². The molecule has 0 aromatic heterocycles. The first-order valence-corrected chi connectivity index (χ1v) is 19.2. The Labute approximate surface area is 293 Å².